The Balaban J connectivity index is 2.65. The van der Waals surface area contributed by atoms with Crippen molar-refractivity contribution in [1.82, 2.24) is 5.32 Å². The molecule has 0 saturated heterocycles. The molecule has 1 aromatic carbocycles. The molecular formula is C13H15F2N3O3. The Morgan fingerprint density at radius 2 is 2.19 bits per heavy atom. The molecule has 0 aromatic heterocycles. The van der Waals surface area contributed by atoms with Crippen LogP contribution in [-0.2, 0) is 6.54 Å². The number of non-ortho nitro benzene ring substituents is 1. The highest BCUT2D eigenvalue weighted by Gasteiger charge is 2.14. The van der Waals surface area contributed by atoms with Crippen LogP contribution in [0.2, 0.25) is 0 Å². The maximum Gasteiger partial charge on any atom is 0.387 e. The Labute approximate surface area is 120 Å². The van der Waals surface area contributed by atoms with Crippen LogP contribution < -0.4 is 10.1 Å². The van der Waals surface area contributed by atoms with Crippen molar-refractivity contribution < 1.29 is 18.4 Å². The minimum atomic E-state index is -2.99. The van der Waals surface area contributed by atoms with Crippen molar-refractivity contribution in [2.24, 2.45) is 0 Å². The molecular weight excluding hydrogens is 284 g/mol. The second-order valence-corrected chi connectivity index (χ2v) is 4.22. The summed E-state index contributed by atoms with van der Waals surface area (Å²) in [6.07, 6.45) is 1.95. The number of hydrogen-bond acceptors (Lipinski definition) is 5. The first kappa shape index (κ1) is 16.8. The van der Waals surface area contributed by atoms with Crippen molar-refractivity contribution >= 4 is 5.69 Å². The monoisotopic (exact) mass is 299 g/mol. The van der Waals surface area contributed by atoms with Gasteiger partial charge in [0.1, 0.15) is 5.75 Å². The van der Waals surface area contributed by atoms with Crippen LogP contribution in [0.3, 0.4) is 0 Å². The molecule has 0 unspecified atom stereocenters. The normalized spacial score (nSPS) is 10.4. The number of halogens is 2. The summed E-state index contributed by atoms with van der Waals surface area (Å²) in [6, 6.07) is 5.51. The summed E-state index contributed by atoms with van der Waals surface area (Å²) in [7, 11) is 0. The smallest absolute Gasteiger partial charge is 0.387 e. The summed E-state index contributed by atoms with van der Waals surface area (Å²) in [5.41, 5.74) is 0.114. The summed E-state index contributed by atoms with van der Waals surface area (Å²) < 4.78 is 28.9. The zero-order valence-corrected chi connectivity index (χ0v) is 11.2. The number of alkyl halides is 2. The predicted octanol–water partition coefficient (Wildman–Crippen LogP) is 2.98. The molecule has 0 saturated carbocycles. The first-order valence-electron chi connectivity index (χ1n) is 6.34. The van der Waals surface area contributed by atoms with Crippen LogP contribution in [0, 0.1) is 21.4 Å². The van der Waals surface area contributed by atoms with E-state index in [9.17, 15) is 18.9 Å². The van der Waals surface area contributed by atoms with Gasteiger partial charge in [0.25, 0.3) is 5.69 Å². The lowest BCUT2D eigenvalue weighted by atomic mass is 10.1. The molecule has 1 N–H and O–H groups in total. The van der Waals surface area contributed by atoms with Crippen LogP contribution in [0.25, 0.3) is 0 Å². The van der Waals surface area contributed by atoms with Gasteiger partial charge in [-0.15, -0.1) is 0 Å². The molecule has 6 nitrogen and oxygen atoms in total. The highest BCUT2D eigenvalue weighted by atomic mass is 19.3. The van der Waals surface area contributed by atoms with Crippen LogP contribution in [-0.4, -0.2) is 18.1 Å². The number of nitro groups is 1. The molecule has 0 amide bonds. The summed E-state index contributed by atoms with van der Waals surface area (Å²) in [5, 5.41) is 22.1. The van der Waals surface area contributed by atoms with Crippen LogP contribution in [0.5, 0.6) is 5.75 Å². The third kappa shape index (κ3) is 6.14. The van der Waals surface area contributed by atoms with E-state index in [-0.39, 0.29) is 18.0 Å². The van der Waals surface area contributed by atoms with E-state index in [0.717, 1.165) is 25.0 Å². The fraction of sp³-hybridized carbons (Fsp3) is 0.462. The second kappa shape index (κ2) is 8.81. The third-order valence-corrected chi connectivity index (χ3v) is 2.68. The van der Waals surface area contributed by atoms with E-state index < -0.39 is 11.5 Å². The van der Waals surface area contributed by atoms with Crippen molar-refractivity contribution in [3.05, 3.63) is 33.9 Å². The Bertz CT molecular complexity index is 518. The topological polar surface area (TPSA) is 88.2 Å². The zero-order valence-electron chi connectivity index (χ0n) is 11.2. The van der Waals surface area contributed by atoms with Crippen LogP contribution in [0.1, 0.15) is 24.8 Å². The number of ether oxygens (including phenoxy) is 1. The number of benzene rings is 1. The lowest BCUT2D eigenvalue weighted by molar-refractivity contribution is -0.385. The summed E-state index contributed by atoms with van der Waals surface area (Å²) in [6.45, 7) is -2.23. The number of hydrogen-bond donors (Lipinski definition) is 1. The molecule has 0 atom stereocenters. The molecule has 0 aliphatic heterocycles. The van der Waals surface area contributed by atoms with Crippen molar-refractivity contribution in [3.63, 3.8) is 0 Å². The van der Waals surface area contributed by atoms with Gasteiger partial charge in [0.2, 0.25) is 0 Å². The first-order valence-corrected chi connectivity index (χ1v) is 6.34. The Morgan fingerprint density at radius 3 is 2.81 bits per heavy atom. The zero-order chi connectivity index (χ0) is 15.7. The van der Waals surface area contributed by atoms with Gasteiger partial charge in [0.05, 0.1) is 11.0 Å². The molecule has 1 rings (SSSR count). The minimum Gasteiger partial charge on any atom is -0.434 e. The van der Waals surface area contributed by atoms with Gasteiger partial charge in [-0.05, 0) is 25.5 Å². The third-order valence-electron chi connectivity index (χ3n) is 2.68. The molecule has 0 aliphatic carbocycles. The highest BCUT2D eigenvalue weighted by molar-refractivity contribution is 5.43. The van der Waals surface area contributed by atoms with Gasteiger partial charge in [-0.3, -0.25) is 10.1 Å². The molecule has 114 valence electrons. The van der Waals surface area contributed by atoms with Crippen molar-refractivity contribution in [2.45, 2.75) is 32.4 Å². The summed E-state index contributed by atoms with van der Waals surface area (Å²) in [4.78, 5) is 10.1. The molecule has 1 aromatic rings. The molecule has 0 heterocycles. The number of nitrogens with zero attached hydrogens (tertiary/aromatic N) is 2. The average molecular weight is 299 g/mol. The van der Waals surface area contributed by atoms with E-state index in [0.29, 0.717) is 18.5 Å². The molecule has 0 bridgehead atoms. The van der Waals surface area contributed by atoms with Gasteiger partial charge in [-0.1, -0.05) is 0 Å². The van der Waals surface area contributed by atoms with E-state index in [4.69, 9.17) is 5.26 Å². The van der Waals surface area contributed by atoms with Gasteiger partial charge in [0.15, 0.2) is 0 Å². The van der Waals surface area contributed by atoms with Crippen molar-refractivity contribution in [2.75, 3.05) is 6.54 Å². The van der Waals surface area contributed by atoms with E-state index >= 15 is 0 Å². The molecule has 21 heavy (non-hydrogen) atoms. The highest BCUT2D eigenvalue weighted by Crippen LogP contribution is 2.25. The second-order valence-electron chi connectivity index (χ2n) is 4.22. The van der Waals surface area contributed by atoms with E-state index in [1.165, 1.54) is 6.07 Å². The predicted molar refractivity (Wildman–Crippen MR) is 70.9 cm³/mol. The SMILES string of the molecule is N#CCCCCNCc1cc([N+](=O)[O-])ccc1OC(F)F. The Kier molecular flexibility index (Phi) is 7.04. The quantitative estimate of drug-likeness (QED) is 0.430. The fourth-order valence-electron chi connectivity index (χ4n) is 1.71. The first-order chi connectivity index (χ1) is 10.0. The molecule has 0 spiro atoms. The van der Waals surface area contributed by atoms with E-state index in [2.05, 4.69) is 10.1 Å². The van der Waals surface area contributed by atoms with E-state index in [1.54, 1.807) is 0 Å². The van der Waals surface area contributed by atoms with Crippen LogP contribution in [0.15, 0.2) is 18.2 Å². The van der Waals surface area contributed by atoms with Gasteiger partial charge < -0.3 is 10.1 Å². The van der Waals surface area contributed by atoms with Crippen LogP contribution in [0.4, 0.5) is 14.5 Å². The number of nitrogens with one attached hydrogen (secondary N) is 1. The Morgan fingerprint density at radius 1 is 1.43 bits per heavy atom. The maximum atomic E-state index is 12.3. The van der Waals surface area contributed by atoms with E-state index in [1.807, 2.05) is 6.07 Å². The lowest BCUT2D eigenvalue weighted by Crippen LogP contribution is -2.16. The van der Waals surface area contributed by atoms with Crippen LogP contribution >= 0.6 is 0 Å². The number of nitriles is 1. The summed E-state index contributed by atoms with van der Waals surface area (Å²) in [5.74, 6) is -0.0832. The molecule has 8 heteroatoms. The molecule has 0 radical (unpaired) electrons. The fourth-order valence-corrected chi connectivity index (χ4v) is 1.71. The van der Waals surface area contributed by atoms with Gasteiger partial charge in [0, 0.05) is 30.7 Å². The van der Waals surface area contributed by atoms with Gasteiger partial charge in [-0.2, -0.15) is 14.0 Å². The van der Waals surface area contributed by atoms with Gasteiger partial charge >= 0.3 is 6.61 Å². The van der Waals surface area contributed by atoms with Gasteiger partial charge in [-0.25, -0.2) is 0 Å². The number of unbranched alkanes of at least 4 members (excludes halogenated alkanes) is 2. The molecule has 0 fully saturated rings. The van der Waals surface area contributed by atoms with Crippen molar-refractivity contribution in [1.29, 1.82) is 5.26 Å². The summed E-state index contributed by atoms with van der Waals surface area (Å²) >= 11 is 0. The largest absolute Gasteiger partial charge is 0.434 e. The van der Waals surface area contributed by atoms with Crippen molar-refractivity contribution in [3.8, 4) is 11.8 Å². The Hall–Kier alpha value is -2.27. The molecule has 0 aliphatic rings. The lowest BCUT2D eigenvalue weighted by Gasteiger charge is -2.11. The standard InChI is InChI=1S/C13H15F2N3O3/c14-13(15)21-12-5-4-11(18(19)20)8-10(12)9-17-7-3-1-2-6-16/h4-5,8,13,17H,1-3,7,9H2. The maximum absolute atomic E-state index is 12.3. The minimum absolute atomic E-state index is 0.0832. The number of rotatable bonds is 9. The number of nitro benzene ring substituents is 1. The average Bonchev–Trinajstić information content (AvgIpc) is 2.43.